The minimum Gasteiger partial charge on any atom is -0.287 e. The lowest BCUT2D eigenvalue weighted by molar-refractivity contribution is 0.0954. The number of rotatable bonds is 4. The number of benzene rings is 2. The van der Waals surface area contributed by atoms with E-state index in [1.54, 1.807) is 55.5 Å². The summed E-state index contributed by atoms with van der Waals surface area (Å²) in [5, 5.41) is 3.84. The maximum atomic E-state index is 12.0. The van der Waals surface area contributed by atoms with Crippen molar-refractivity contribution in [2.24, 2.45) is 5.10 Å². The van der Waals surface area contributed by atoms with Crippen LogP contribution in [0.1, 0.15) is 27.6 Å². The number of carbonyl (C=O) groups excluding carboxylic acids is 2. The van der Waals surface area contributed by atoms with E-state index in [-0.39, 0.29) is 17.4 Å². The maximum absolute atomic E-state index is 12.0. The van der Waals surface area contributed by atoms with Gasteiger partial charge in [0.2, 0.25) is 5.78 Å². The molecule has 2 aromatic rings. The van der Waals surface area contributed by atoms with Gasteiger partial charge in [-0.2, -0.15) is 5.10 Å². The van der Waals surface area contributed by atoms with E-state index < -0.39 is 0 Å². The molecule has 1 amide bonds. The first-order valence-corrected chi connectivity index (χ1v) is 6.18. The number of hydrogen-bond donors (Lipinski definition) is 1. The predicted molar refractivity (Wildman–Crippen MR) is 77.8 cm³/mol. The third-order valence-electron chi connectivity index (χ3n) is 2.73. The van der Waals surface area contributed by atoms with E-state index in [2.05, 4.69) is 10.5 Å². The summed E-state index contributed by atoms with van der Waals surface area (Å²) in [5.74, 6) is -0.551. The number of hydrazone groups is 1. The quantitative estimate of drug-likeness (QED) is 0.525. The van der Waals surface area contributed by atoms with Crippen LogP contribution < -0.4 is 5.43 Å². The molecule has 4 heteroatoms. The lowest BCUT2D eigenvalue weighted by Gasteiger charge is -2.02. The Balaban J connectivity index is 2.05. The Morgan fingerprint density at radius 3 is 1.90 bits per heavy atom. The SMILES string of the molecule is CC(=NNC(=O)c1ccccc1)C(=O)c1ccccc1. The van der Waals surface area contributed by atoms with Crippen molar-refractivity contribution in [3.05, 3.63) is 71.8 Å². The number of hydrogen-bond acceptors (Lipinski definition) is 3. The van der Waals surface area contributed by atoms with Gasteiger partial charge in [0.25, 0.3) is 5.91 Å². The van der Waals surface area contributed by atoms with Crippen molar-refractivity contribution in [3.8, 4) is 0 Å². The van der Waals surface area contributed by atoms with Gasteiger partial charge in [0.15, 0.2) is 0 Å². The summed E-state index contributed by atoms with van der Waals surface area (Å²) in [5.41, 5.74) is 3.65. The molecule has 0 unspecified atom stereocenters. The Bertz CT molecular complexity index is 634. The highest BCUT2D eigenvalue weighted by molar-refractivity contribution is 6.45. The summed E-state index contributed by atoms with van der Waals surface area (Å²) in [7, 11) is 0. The molecule has 0 aromatic heterocycles. The number of nitrogens with one attached hydrogen (secondary N) is 1. The number of nitrogens with zero attached hydrogens (tertiary/aromatic N) is 1. The van der Waals surface area contributed by atoms with Crippen molar-refractivity contribution in [1.82, 2.24) is 5.43 Å². The molecule has 100 valence electrons. The molecule has 0 radical (unpaired) electrons. The number of ketones is 1. The molecule has 0 bridgehead atoms. The van der Waals surface area contributed by atoms with Crippen molar-refractivity contribution < 1.29 is 9.59 Å². The summed E-state index contributed by atoms with van der Waals surface area (Å²) in [6.07, 6.45) is 0. The van der Waals surface area contributed by atoms with Gasteiger partial charge in [0, 0.05) is 11.1 Å². The second-order valence-corrected chi connectivity index (χ2v) is 4.20. The molecule has 0 aliphatic rings. The van der Waals surface area contributed by atoms with Crippen LogP contribution in [0, 0.1) is 0 Å². The van der Waals surface area contributed by atoms with Crippen molar-refractivity contribution in [3.63, 3.8) is 0 Å². The van der Waals surface area contributed by atoms with Gasteiger partial charge < -0.3 is 0 Å². The van der Waals surface area contributed by atoms with Crippen LogP contribution >= 0.6 is 0 Å². The first-order valence-electron chi connectivity index (χ1n) is 6.18. The van der Waals surface area contributed by atoms with E-state index in [0.29, 0.717) is 11.1 Å². The molecule has 0 spiro atoms. The lowest BCUT2D eigenvalue weighted by Crippen LogP contribution is -2.22. The van der Waals surface area contributed by atoms with Crippen LogP contribution in [0.2, 0.25) is 0 Å². The van der Waals surface area contributed by atoms with Crippen LogP contribution in [-0.2, 0) is 0 Å². The average molecular weight is 266 g/mol. The molecule has 0 saturated carbocycles. The average Bonchev–Trinajstić information content (AvgIpc) is 2.53. The standard InChI is InChI=1S/C16H14N2O2/c1-12(15(19)13-8-4-2-5-9-13)17-18-16(20)14-10-6-3-7-11-14/h2-11H,1H3,(H,18,20). The van der Waals surface area contributed by atoms with Gasteiger partial charge in [-0.15, -0.1) is 0 Å². The smallest absolute Gasteiger partial charge is 0.271 e. The Labute approximate surface area is 117 Å². The van der Waals surface area contributed by atoms with Crippen LogP contribution in [-0.4, -0.2) is 17.4 Å². The molecular weight excluding hydrogens is 252 g/mol. The van der Waals surface area contributed by atoms with Gasteiger partial charge in [-0.25, -0.2) is 5.43 Å². The van der Waals surface area contributed by atoms with Gasteiger partial charge in [0.1, 0.15) is 5.71 Å². The molecule has 20 heavy (non-hydrogen) atoms. The molecule has 2 aromatic carbocycles. The van der Waals surface area contributed by atoms with Crippen molar-refractivity contribution in [1.29, 1.82) is 0 Å². The number of Topliss-reactive ketones (excluding diaryl/α,β-unsaturated/α-hetero) is 1. The van der Waals surface area contributed by atoms with Crippen molar-refractivity contribution in [2.45, 2.75) is 6.92 Å². The summed E-state index contributed by atoms with van der Waals surface area (Å²) in [4.78, 5) is 23.8. The monoisotopic (exact) mass is 266 g/mol. The Hall–Kier alpha value is -2.75. The molecule has 0 aliphatic carbocycles. The summed E-state index contributed by atoms with van der Waals surface area (Å²) in [6.45, 7) is 1.57. The molecule has 0 saturated heterocycles. The zero-order valence-electron chi connectivity index (χ0n) is 11.0. The minimum atomic E-state index is -0.342. The van der Waals surface area contributed by atoms with Crippen LogP contribution in [0.3, 0.4) is 0 Å². The van der Waals surface area contributed by atoms with E-state index in [0.717, 1.165) is 0 Å². The van der Waals surface area contributed by atoms with E-state index >= 15 is 0 Å². The summed E-state index contributed by atoms with van der Waals surface area (Å²) < 4.78 is 0. The summed E-state index contributed by atoms with van der Waals surface area (Å²) in [6, 6.07) is 17.5. The van der Waals surface area contributed by atoms with Gasteiger partial charge >= 0.3 is 0 Å². The fourth-order valence-corrected chi connectivity index (χ4v) is 1.64. The highest BCUT2D eigenvalue weighted by atomic mass is 16.2. The third kappa shape index (κ3) is 3.38. The van der Waals surface area contributed by atoms with E-state index in [1.807, 2.05) is 12.1 Å². The summed E-state index contributed by atoms with van der Waals surface area (Å²) >= 11 is 0. The van der Waals surface area contributed by atoms with Crippen molar-refractivity contribution >= 4 is 17.4 Å². The second-order valence-electron chi connectivity index (χ2n) is 4.20. The largest absolute Gasteiger partial charge is 0.287 e. The fraction of sp³-hybridized carbons (Fsp3) is 0.0625. The normalized spacial score (nSPS) is 10.9. The Morgan fingerprint density at radius 1 is 0.850 bits per heavy atom. The molecule has 0 fully saturated rings. The van der Waals surface area contributed by atoms with E-state index in [4.69, 9.17) is 0 Å². The van der Waals surface area contributed by atoms with Crippen molar-refractivity contribution in [2.75, 3.05) is 0 Å². The predicted octanol–water partition coefficient (Wildman–Crippen LogP) is 2.68. The molecule has 0 atom stereocenters. The minimum absolute atomic E-state index is 0.209. The number of amides is 1. The van der Waals surface area contributed by atoms with E-state index in [1.165, 1.54) is 0 Å². The zero-order chi connectivity index (χ0) is 14.4. The molecule has 2 rings (SSSR count). The lowest BCUT2D eigenvalue weighted by atomic mass is 10.1. The molecule has 1 N–H and O–H groups in total. The zero-order valence-corrected chi connectivity index (χ0v) is 11.0. The highest BCUT2D eigenvalue weighted by Gasteiger charge is 2.10. The Kier molecular flexibility index (Phi) is 4.39. The van der Waals surface area contributed by atoms with Crippen LogP contribution in [0.25, 0.3) is 0 Å². The second kappa shape index (κ2) is 6.43. The van der Waals surface area contributed by atoms with Crippen LogP contribution in [0.15, 0.2) is 65.8 Å². The van der Waals surface area contributed by atoms with Crippen LogP contribution in [0.5, 0.6) is 0 Å². The van der Waals surface area contributed by atoms with E-state index in [9.17, 15) is 9.59 Å². The molecule has 4 nitrogen and oxygen atoms in total. The van der Waals surface area contributed by atoms with Gasteiger partial charge in [-0.3, -0.25) is 9.59 Å². The van der Waals surface area contributed by atoms with Crippen LogP contribution in [0.4, 0.5) is 0 Å². The molecule has 0 heterocycles. The topological polar surface area (TPSA) is 58.5 Å². The highest BCUT2D eigenvalue weighted by Crippen LogP contribution is 2.02. The first kappa shape index (κ1) is 13.7. The first-order chi connectivity index (χ1) is 9.68. The molecular formula is C16H14N2O2. The number of carbonyl (C=O) groups is 2. The Morgan fingerprint density at radius 2 is 1.35 bits per heavy atom. The molecule has 0 aliphatic heterocycles. The van der Waals surface area contributed by atoms with Gasteiger partial charge in [-0.05, 0) is 19.1 Å². The van der Waals surface area contributed by atoms with Gasteiger partial charge in [0.05, 0.1) is 0 Å². The third-order valence-corrected chi connectivity index (χ3v) is 2.73. The fourth-order valence-electron chi connectivity index (χ4n) is 1.64. The maximum Gasteiger partial charge on any atom is 0.271 e. The van der Waals surface area contributed by atoms with Gasteiger partial charge in [-0.1, -0.05) is 48.5 Å².